The molecular formula is C14H22N2O2S. The molecule has 2 unspecified atom stereocenters. The topological polar surface area (TPSA) is 73.0 Å². The highest BCUT2D eigenvalue weighted by atomic mass is 32.2. The Labute approximate surface area is 115 Å². The Bertz CT molecular complexity index is 528. The smallest absolute Gasteiger partial charge is 0.157 e. The second kappa shape index (κ2) is 6.01. The van der Waals surface area contributed by atoms with E-state index in [2.05, 4.69) is 11.9 Å². The van der Waals surface area contributed by atoms with E-state index >= 15 is 0 Å². The number of nitrogens with two attached hydrogens (primary N) is 1. The van der Waals surface area contributed by atoms with Crippen molar-refractivity contribution in [3.05, 3.63) is 29.6 Å². The molecule has 0 saturated heterocycles. The lowest BCUT2D eigenvalue weighted by atomic mass is 9.91. The molecule has 1 saturated carbocycles. The van der Waals surface area contributed by atoms with Crippen LogP contribution in [-0.2, 0) is 22.1 Å². The van der Waals surface area contributed by atoms with E-state index in [0.29, 0.717) is 11.6 Å². The maximum absolute atomic E-state index is 12.5. The highest BCUT2D eigenvalue weighted by Gasteiger charge is 2.30. The van der Waals surface area contributed by atoms with E-state index < -0.39 is 9.84 Å². The largest absolute Gasteiger partial charge is 0.325 e. The summed E-state index contributed by atoms with van der Waals surface area (Å²) in [6.45, 7) is 2.42. The van der Waals surface area contributed by atoms with E-state index in [9.17, 15) is 8.42 Å². The zero-order valence-electron chi connectivity index (χ0n) is 11.4. The molecule has 106 valence electrons. The summed E-state index contributed by atoms with van der Waals surface area (Å²) < 4.78 is 25.0. The number of rotatable bonds is 4. The van der Waals surface area contributed by atoms with Gasteiger partial charge in [-0.05, 0) is 30.4 Å². The van der Waals surface area contributed by atoms with Gasteiger partial charge < -0.3 is 5.73 Å². The van der Waals surface area contributed by atoms with Crippen molar-refractivity contribution in [1.82, 2.24) is 4.98 Å². The van der Waals surface area contributed by atoms with Crippen molar-refractivity contribution in [2.45, 2.75) is 50.2 Å². The Kier molecular flexibility index (Phi) is 4.58. The van der Waals surface area contributed by atoms with Crippen LogP contribution < -0.4 is 5.73 Å². The zero-order valence-corrected chi connectivity index (χ0v) is 12.2. The molecule has 0 aromatic carbocycles. The first-order valence-corrected chi connectivity index (χ1v) is 8.59. The lowest BCUT2D eigenvalue weighted by Crippen LogP contribution is -2.29. The van der Waals surface area contributed by atoms with Crippen LogP contribution in [-0.4, -0.2) is 18.7 Å². The van der Waals surface area contributed by atoms with Gasteiger partial charge >= 0.3 is 0 Å². The first-order valence-electron chi connectivity index (χ1n) is 6.87. The van der Waals surface area contributed by atoms with Gasteiger partial charge in [-0.3, -0.25) is 4.98 Å². The molecule has 0 aliphatic heterocycles. The van der Waals surface area contributed by atoms with Gasteiger partial charge in [-0.25, -0.2) is 8.42 Å². The molecule has 0 bridgehead atoms. The van der Waals surface area contributed by atoms with Crippen molar-refractivity contribution < 1.29 is 8.42 Å². The third-order valence-electron chi connectivity index (χ3n) is 3.93. The van der Waals surface area contributed by atoms with Crippen LogP contribution in [0.1, 0.15) is 43.9 Å². The van der Waals surface area contributed by atoms with Crippen molar-refractivity contribution in [1.29, 1.82) is 0 Å². The van der Waals surface area contributed by atoms with Crippen LogP contribution in [0.2, 0.25) is 0 Å². The van der Waals surface area contributed by atoms with Crippen molar-refractivity contribution in [3.63, 3.8) is 0 Å². The zero-order chi connectivity index (χ0) is 13.9. The predicted octanol–water partition coefficient (Wildman–Crippen LogP) is 2.03. The van der Waals surface area contributed by atoms with Gasteiger partial charge in [0.05, 0.1) is 16.7 Å². The number of aromatic nitrogens is 1. The van der Waals surface area contributed by atoms with Crippen LogP contribution in [0.25, 0.3) is 0 Å². The first-order chi connectivity index (χ1) is 9.03. The number of sulfone groups is 1. The van der Waals surface area contributed by atoms with Crippen molar-refractivity contribution in [3.8, 4) is 0 Å². The molecule has 0 amide bonds. The summed E-state index contributed by atoms with van der Waals surface area (Å²) in [6, 6.07) is 3.59. The Morgan fingerprint density at radius 3 is 2.89 bits per heavy atom. The van der Waals surface area contributed by atoms with Gasteiger partial charge in [0.25, 0.3) is 0 Å². The minimum atomic E-state index is -3.10. The Morgan fingerprint density at radius 2 is 2.21 bits per heavy atom. The normalized spacial score (nSPS) is 24.3. The van der Waals surface area contributed by atoms with Gasteiger partial charge in [0.1, 0.15) is 0 Å². The molecule has 1 aliphatic carbocycles. The molecule has 1 aliphatic rings. The molecule has 1 fully saturated rings. The van der Waals surface area contributed by atoms with E-state index in [4.69, 9.17) is 5.73 Å². The van der Waals surface area contributed by atoms with Crippen LogP contribution in [0, 0.1) is 5.92 Å². The Balaban J connectivity index is 2.16. The molecule has 0 radical (unpaired) electrons. The van der Waals surface area contributed by atoms with Crippen LogP contribution in [0.4, 0.5) is 0 Å². The number of nitrogens with zero attached hydrogens (tertiary/aromatic N) is 1. The maximum Gasteiger partial charge on any atom is 0.157 e. The Hall–Kier alpha value is -0.940. The summed E-state index contributed by atoms with van der Waals surface area (Å²) in [6.07, 6.45) is 5.40. The summed E-state index contributed by atoms with van der Waals surface area (Å²) in [7, 11) is -3.10. The molecule has 0 spiro atoms. The van der Waals surface area contributed by atoms with Crippen LogP contribution in [0.5, 0.6) is 0 Å². The number of hydrogen-bond acceptors (Lipinski definition) is 4. The van der Waals surface area contributed by atoms with E-state index in [1.807, 2.05) is 6.07 Å². The molecule has 5 heteroatoms. The molecule has 2 N–H and O–H groups in total. The first kappa shape index (κ1) is 14.5. The molecule has 1 aromatic heterocycles. The van der Waals surface area contributed by atoms with Crippen LogP contribution in [0.15, 0.2) is 18.3 Å². The summed E-state index contributed by atoms with van der Waals surface area (Å²) in [4.78, 5) is 4.15. The third kappa shape index (κ3) is 3.54. The molecular weight excluding hydrogens is 260 g/mol. The highest BCUT2D eigenvalue weighted by Crippen LogP contribution is 2.30. The van der Waals surface area contributed by atoms with Crippen molar-refractivity contribution >= 4 is 9.84 Å². The van der Waals surface area contributed by atoms with Crippen LogP contribution in [0.3, 0.4) is 0 Å². The van der Waals surface area contributed by atoms with Gasteiger partial charge in [-0.15, -0.1) is 0 Å². The Morgan fingerprint density at radius 1 is 1.42 bits per heavy atom. The van der Waals surface area contributed by atoms with Crippen molar-refractivity contribution in [2.24, 2.45) is 11.7 Å². The van der Waals surface area contributed by atoms with E-state index in [-0.39, 0.29) is 17.5 Å². The van der Waals surface area contributed by atoms with E-state index in [0.717, 1.165) is 31.2 Å². The van der Waals surface area contributed by atoms with Gasteiger partial charge in [0.2, 0.25) is 0 Å². The fourth-order valence-electron chi connectivity index (χ4n) is 2.83. The monoisotopic (exact) mass is 282 g/mol. The molecule has 4 nitrogen and oxygen atoms in total. The predicted molar refractivity (Wildman–Crippen MR) is 76.2 cm³/mol. The molecule has 1 aromatic rings. The fourth-order valence-corrected chi connectivity index (χ4v) is 4.91. The van der Waals surface area contributed by atoms with Gasteiger partial charge in [0.15, 0.2) is 9.84 Å². The standard InChI is InChI=1S/C14H22N2O2S/c1-11-4-2-6-13(8-11)19(17,18)10-12-5-3-7-16-14(12)9-15/h3,5,7,11,13H,2,4,6,8-10,15H2,1H3. The third-order valence-corrected chi connectivity index (χ3v) is 6.09. The van der Waals surface area contributed by atoms with Crippen molar-refractivity contribution in [2.75, 3.05) is 0 Å². The number of pyridine rings is 1. The van der Waals surface area contributed by atoms with Crippen LogP contribution >= 0.6 is 0 Å². The fraction of sp³-hybridized carbons (Fsp3) is 0.643. The van der Waals surface area contributed by atoms with E-state index in [1.54, 1.807) is 12.3 Å². The van der Waals surface area contributed by atoms with E-state index in [1.165, 1.54) is 0 Å². The molecule has 2 atom stereocenters. The van der Waals surface area contributed by atoms with Gasteiger partial charge in [-0.2, -0.15) is 0 Å². The number of hydrogen-bond donors (Lipinski definition) is 1. The molecule has 2 rings (SSSR count). The minimum Gasteiger partial charge on any atom is -0.325 e. The summed E-state index contributed by atoms with van der Waals surface area (Å²) in [5, 5.41) is -0.193. The highest BCUT2D eigenvalue weighted by molar-refractivity contribution is 7.91. The second-order valence-corrected chi connectivity index (χ2v) is 7.80. The second-order valence-electron chi connectivity index (χ2n) is 5.51. The SMILES string of the molecule is CC1CCCC(S(=O)(=O)Cc2cccnc2CN)C1. The summed E-state index contributed by atoms with van der Waals surface area (Å²) in [5.41, 5.74) is 7.06. The summed E-state index contributed by atoms with van der Waals surface area (Å²) in [5.74, 6) is 0.585. The minimum absolute atomic E-state index is 0.0742. The molecule has 1 heterocycles. The molecule has 19 heavy (non-hydrogen) atoms. The summed E-state index contributed by atoms with van der Waals surface area (Å²) >= 11 is 0. The quantitative estimate of drug-likeness (QED) is 0.917. The average molecular weight is 282 g/mol. The average Bonchev–Trinajstić information content (AvgIpc) is 2.39. The maximum atomic E-state index is 12.5. The lowest BCUT2D eigenvalue weighted by Gasteiger charge is -2.26. The van der Waals surface area contributed by atoms with Gasteiger partial charge in [-0.1, -0.05) is 25.8 Å². The van der Waals surface area contributed by atoms with Gasteiger partial charge in [0, 0.05) is 12.7 Å². The lowest BCUT2D eigenvalue weighted by molar-refractivity contribution is 0.381.